The van der Waals surface area contributed by atoms with Crippen LogP contribution in [-0.4, -0.2) is 6.61 Å². The Balaban J connectivity index is 2.11. The molecule has 2 aromatic carbocycles. The molecule has 0 aliphatic carbocycles. The summed E-state index contributed by atoms with van der Waals surface area (Å²) in [6.07, 6.45) is 0. The molecule has 0 heterocycles. The van der Waals surface area contributed by atoms with Crippen molar-refractivity contribution < 1.29 is 9.13 Å². The van der Waals surface area contributed by atoms with Crippen molar-refractivity contribution in [3.63, 3.8) is 0 Å². The fourth-order valence-electron chi connectivity index (χ4n) is 1.97. The first kappa shape index (κ1) is 14.7. The lowest BCUT2D eigenvalue weighted by atomic mass is 10.1. The minimum Gasteiger partial charge on any atom is -0.492 e. The summed E-state index contributed by atoms with van der Waals surface area (Å²) in [5, 5.41) is 3.85. The third kappa shape index (κ3) is 3.64. The molecule has 2 aromatic rings. The number of anilines is 1. The summed E-state index contributed by atoms with van der Waals surface area (Å²) in [4.78, 5) is 0. The molecule has 1 atom stereocenters. The SMILES string of the molecule is CCOc1ccc(NC(C)c2cccc(F)c2)cc1Cl. The first-order valence-corrected chi connectivity index (χ1v) is 6.92. The standard InChI is InChI=1S/C16H17ClFNO/c1-3-20-16-8-7-14(10-15(16)17)19-11(2)12-5-4-6-13(18)9-12/h4-11,19H,3H2,1-2H3. The van der Waals surface area contributed by atoms with Crippen LogP contribution in [0.15, 0.2) is 42.5 Å². The van der Waals surface area contributed by atoms with Crippen LogP contribution in [0, 0.1) is 5.82 Å². The van der Waals surface area contributed by atoms with Crippen LogP contribution >= 0.6 is 11.6 Å². The number of halogens is 2. The third-order valence-corrected chi connectivity index (χ3v) is 3.26. The molecule has 1 N–H and O–H groups in total. The van der Waals surface area contributed by atoms with E-state index < -0.39 is 0 Å². The molecule has 0 spiro atoms. The third-order valence-electron chi connectivity index (χ3n) is 2.96. The number of ether oxygens (including phenoxy) is 1. The average molecular weight is 294 g/mol. The molecule has 0 radical (unpaired) electrons. The quantitative estimate of drug-likeness (QED) is 0.833. The van der Waals surface area contributed by atoms with Crippen molar-refractivity contribution in [2.24, 2.45) is 0 Å². The van der Waals surface area contributed by atoms with Gasteiger partial charge in [-0.3, -0.25) is 0 Å². The summed E-state index contributed by atoms with van der Waals surface area (Å²) in [6, 6.07) is 12.1. The Labute approximate surface area is 123 Å². The van der Waals surface area contributed by atoms with Gasteiger partial charge in [0.15, 0.2) is 0 Å². The van der Waals surface area contributed by atoms with Gasteiger partial charge in [-0.2, -0.15) is 0 Å². The maximum Gasteiger partial charge on any atom is 0.138 e. The molecule has 4 heteroatoms. The molecular weight excluding hydrogens is 277 g/mol. The Morgan fingerprint density at radius 1 is 1.25 bits per heavy atom. The summed E-state index contributed by atoms with van der Waals surface area (Å²) in [5.41, 5.74) is 1.75. The lowest BCUT2D eigenvalue weighted by molar-refractivity contribution is 0.340. The zero-order valence-electron chi connectivity index (χ0n) is 11.5. The minimum atomic E-state index is -0.235. The van der Waals surface area contributed by atoms with E-state index in [0.717, 1.165) is 11.3 Å². The second kappa shape index (κ2) is 6.62. The summed E-state index contributed by atoms with van der Waals surface area (Å²) >= 11 is 6.14. The van der Waals surface area contributed by atoms with Crippen LogP contribution < -0.4 is 10.1 Å². The Morgan fingerprint density at radius 3 is 2.70 bits per heavy atom. The van der Waals surface area contributed by atoms with E-state index in [4.69, 9.17) is 16.3 Å². The van der Waals surface area contributed by atoms with E-state index in [2.05, 4.69) is 5.32 Å². The molecule has 20 heavy (non-hydrogen) atoms. The summed E-state index contributed by atoms with van der Waals surface area (Å²) in [6.45, 7) is 4.46. The Morgan fingerprint density at radius 2 is 2.05 bits per heavy atom. The second-order valence-corrected chi connectivity index (χ2v) is 4.91. The number of hydrogen-bond donors (Lipinski definition) is 1. The van der Waals surface area contributed by atoms with Crippen molar-refractivity contribution in [2.75, 3.05) is 11.9 Å². The average Bonchev–Trinajstić information content (AvgIpc) is 2.42. The van der Waals surface area contributed by atoms with Crippen LogP contribution in [0.4, 0.5) is 10.1 Å². The largest absolute Gasteiger partial charge is 0.492 e. The molecule has 0 bridgehead atoms. The van der Waals surface area contributed by atoms with Gasteiger partial charge in [-0.1, -0.05) is 23.7 Å². The van der Waals surface area contributed by atoms with Crippen molar-refractivity contribution in [1.29, 1.82) is 0 Å². The molecule has 1 unspecified atom stereocenters. The van der Waals surface area contributed by atoms with Crippen molar-refractivity contribution >= 4 is 17.3 Å². The van der Waals surface area contributed by atoms with E-state index in [0.29, 0.717) is 17.4 Å². The fourth-order valence-corrected chi connectivity index (χ4v) is 2.21. The van der Waals surface area contributed by atoms with Crippen molar-refractivity contribution in [3.8, 4) is 5.75 Å². The molecule has 0 aromatic heterocycles. The highest BCUT2D eigenvalue weighted by atomic mass is 35.5. The predicted molar refractivity (Wildman–Crippen MR) is 81.1 cm³/mol. The predicted octanol–water partition coefficient (Wildman–Crippen LogP) is 5.05. The zero-order chi connectivity index (χ0) is 14.5. The number of nitrogens with one attached hydrogen (secondary N) is 1. The van der Waals surface area contributed by atoms with Crippen LogP contribution in [0.25, 0.3) is 0 Å². The van der Waals surface area contributed by atoms with Crippen LogP contribution in [0.5, 0.6) is 5.75 Å². The highest BCUT2D eigenvalue weighted by Gasteiger charge is 2.08. The van der Waals surface area contributed by atoms with Gasteiger partial charge in [0.2, 0.25) is 0 Å². The van der Waals surface area contributed by atoms with Gasteiger partial charge in [0.05, 0.1) is 11.6 Å². The molecule has 2 rings (SSSR count). The van der Waals surface area contributed by atoms with Crippen LogP contribution in [-0.2, 0) is 0 Å². The van der Waals surface area contributed by atoms with Crippen LogP contribution in [0.3, 0.4) is 0 Å². The zero-order valence-corrected chi connectivity index (χ0v) is 12.2. The van der Waals surface area contributed by atoms with Gasteiger partial charge in [-0.15, -0.1) is 0 Å². The molecular formula is C16H17ClFNO. The van der Waals surface area contributed by atoms with Crippen molar-refractivity contribution in [3.05, 3.63) is 58.9 Å². The first-order chi connectivity index (χ1) is 9.60. The lowest BCUT2D eigenvalue weighted by Crippen LogP contribution is -2.07. The van der Waals surface area contributed by atoms with Crippen molar-refractivity contribution in [2.45, 2.75) is 19.9 Å². The lowest BCUT2D eigenvalue weighted by Gasteiger charge is -2.16. The Hall–Kier alpha value is -1.74. The fraction of sp³-hybridized carbons (Fsp3) is 0.250. The van der Waals surface area contributed by atoms with E-state index in [-0.39, 0.29) is 11.9 Å². The van der Waals surface area contributed by atoms with Gasteiger partial charge in [0.1, 0.15) is 11.6 Å². The van der Waals surface area contributed by atoms with Gasteiger partial charge in [-0.05, 0) is 49.7 Å². The highest BCUT2D eigenvalue weighted by Crippen LogP contribution is 2.29. The van der Waals surface area contributed by atoms with Crippen molar-refractivity contribution in [1.82, 2.24) is 0 Å². The van der Waals surface area contributed by atoms with Gasteiger partial charge in [0, 0.05) is 11.7 Å². The molecule has 0 aliphatic rings. The number of hydrogen-bond acceptors (Lipinski definition) is 2. The summed E-state index contributed by atoms with van der Waals surface area (Å²) in [7, 11) is 0. The normalized spacial score (nSPS) is 12.0. The van der Waals surface area contributed by atoms with Crippen LogP contribution in [0.2, 0.25) is 5.02 Å². The maximum atomic E-state index is 13.2. The first-order valence-electron chi connectivity index (χ1n) is 6.54. The molecule has 0 aliphatic heterocycles. The topological polar surface area (TPSA) is 21.3 Å². The molecule has 2 nitrogen and oxygen atoms in total. The number of benzene rings is 2. The van der Waals surface area contributed by atoms with Gasteiger partial charge >= 0.3 is 0 Å². The molecule has 106 valence electrons. The Bertz CT molecular complexity index is 588. The molecule has 0 saturated heterocycles. The molecule has 0 fully saturated rings. The summed E-state index contributed by atoms with van der Waals surface area (Å²) < 4.78 is 18.6. The molecule has 0 saturated carbocycles. The van der Waals surface area contributed by atoms with Crippen LogP contribution in [0.1, 0.15) is 25.5 Å². The van der Waals surface area contributed by atoms with E-state index in [1.807, 2.05) is 38.1 Å². The summed E-state index contributed by atoms with van der Waals surface area (Å²) in [5.74, 6) is 0.430. The van der Waals surface area contributed by atoms with Gasteiger partial charge in [0.25, 0.3) is 0 Å². The second-order valence-electron chi connectivity index (χ2n) is 4.50. The molecule has 0 amide bonds. The van der Waals surface area contributed by atoms with E-state index in [1.54, 1.807) is 6.07 Å². The van der Waals surface area contributed by atoms with E-state index in [9.17, 15) is 4.39 Å². The van der Waals surface area contributed by atoms with Gasteiger partial charge in [-0.25, -0.2) is 4.39 Å². The van der Waals surface area contributed by atoms with Gasteiger partial charge < -0.3 is 10.1 Å². The smallest absolute Gasteiger partial charge is 0.138 e. The van der Waals surface area contributed by atoms with E-state index in [1.165, 1.54) is 12.1 Å². The van der Waals surface area contributed by atoms with E-state index >= 15 is 0 Å². The monoisotopic (exact) mass is 293 g/mol. The Kier molecular flexibility index (Phi) is 4.85. The minimum absolute atomic E-state index is 0.0142. The maximum absolute atomic E-state index is 13.2. The number of rotatable bonds is 5. The highest BCUT2D eigenvalue weighted by molar-refractivity contribution is 6.32.